The van der Waals surface area contributed by atoms with Crippen molar-refractivity contribution in [3.05, 3.63) is 29.8 Å². The Bertz CT molecular complexity index is 388. The van der Waals surface area contributed by atoms with Gasteiger partial charge >= 0.3 is 0 Å². The summed E-state index contributed by atoms with van der Waals surface area (Å²) in [6, 6.07) is 7.94. The monoisotopic (exact) mass is 278 g/mol. The molecule has 1 amide bonds. The molecule has 0 saturated heterocycles. The first-order valence-electron chi connectivity index (χ1n) is 7.34. The molecule has 2 N–H and O–H groups in total. The predicted molar refractivity (Wildman–Crippen MR) is 81.8 cm³/mol. The van der Waals surface area contributed by atoms with Crippen molar-refractivity contribution in [2.45, 2.75) is 46.3 Å². The number of ether oxygens (including phenoxy) is 1. The van der Waals surface area contributed by atoms with Crippen molar-refractivity contribution in [1.29, 1.82) is 0 Å². The van der Waals surface area contributed by atoms with Crippen molar-refractivity contribution < 1.29 is 9.53 Å². The van der Waals surface area contributed by atoms with E-state index in [1.165, 1.54) is 0 Å². The fourth-order valence-corrected chi connectivity index (χ4v) is 1.75. The van der Waals surface area contributed by atoms with Crippen LogP contribution in [-0.4, -0.2) is 25.1 Å². The van der Waals surface area contributed by atoms with E-state index >= 15 is 0 Å². The summed E-state index contributed by atoms with van der Waals surface area (Å²) in [4.78, 5) is 11.5. The van der Waals surface area contributed by atoms with Crippen molar-refractivity contribution >= 4 is 5.91 Å². The predicted octanol–water partition coefficient (Wildman–Crippen LogP) is 2.48. The Morgan fingerprint density at radius 1 is 1.25 bits per heavy atom. The molecular weight excluding hydrogens is 252 g/mol. The Morgan fingerprint density at radius 3 is 2.55 bits per heavy atom. The zero-order valence-corrected chi connectivity index (χ0v) is 12.7. The van der Waals surface area contributed by atoms with Crippen molar-refractivity contribution in [2.75, 3.05) is 13.1 Å². The molecule has 0 heterocycles. The molecule has 0 saturated carbocycles. The Labute approximate surface area is 121 Å². The maximum atomic E-state index is 11.5. The second kappa shape index (κ2) is 9.37. The van der Waals surface area contributed by atoms with Gasteiger partial charge in [-0.05, 0) is 38.0 Å². The maximum absolute atomic E-state index is 11.5. The summed E-state index contributed by atoms with van der Waals surface area (Å²) >= 11 is 0. The van der Waals surface area contributed by atoms with Crippen LogP contribution in [0.5, 0.6) is 5.75 Å². The molecule has 0 atom stereocenters. The molecule has 0 bridgehead atoms. The second-order valence-corrected chi connectivity index (χ2v) is 5.12. The quantitative estimate of drug-likeness (QED) is 0.682. The zero-order valence-electron chi connectivity index (χ0n) is 12.7. The zero-order chi connectivity index (χ0) is 14.8. The number of carbonyl (C=O) groups excluding carboxylic acids is 1. The van der Waals surface area contributed by atoms with Gasteiger partial charge in [-0.15, -0.1) is 0 Å². The summed E-state index contributed by atoms with van der Waals surface area (Å²) in [5.41, 5.74) is 1.14. The third-order valence-electron chi connectivity index (χ3n) is 2.76. The topological polar surface area (TPSA) is 50.4 Å². The molecule has 0 unspecified atom stereocenters. The summed E-state index contributed by atoms with van der Waals surface area (Å²) in [7, 11) is 0. The van der Waals surface area contributed by atoms with Crippen molar-refractivity contribution in [2.24, 2.45) is 0 Å². The lowest BCUT2D eigenvalue weighted by atomic mass is 10.2. The molecule has 1 aromatic carbocycles. The molecule has 4 nitrogen and oxygen atoms in total. The van der Waals surface area contributed by atoms with E-state index in [9.17, 15) is 4.79 Å². The highest BCUT2D eigenvalue weighted by Gasteiger charge is 2.01. The number of amides is 1. The lowest BCUT2D eigenvalue weighted by molar-refractivity contribution is -0.120. The van der Waals surface area contributed by atoms with Gasteiger partial charge in [0.1, 0.15) is 5.75 Å². The Kier molecular flexibility index (Phi) is 7.73. The van der Waals surface area contributed by atoms with Gasteiger partial charge in [0.25, 0.3) is 0 Å². The van der Waals surface area contributed by atoms with Gasteiger partial charge in [-0.2, -0.15) is 0 Å². The highest BCUT2D eigenvalue weighted by atomic mass is 16.5. The molecule has 0 aliphatic heterocycles. The molecule has 0 aromatic heterocycles. The minimum atomic E-state index is 0.0539. The molecule has 112 valence electrons. The van der Waals surface area contributed by atoms with E-state index in [2.05, 4.69) is 17.6 Å². The van der Waals surface area contributed by atoms with Crippen LogP contribution in [0.4, 0.5) is 0 Å². The fourth-order valence-electron chi connectivity index (χ4n) is 1.75. The molecular formula is C16H26N2O2. The number of nitrogens with one attached hydrogen (secondary N) is 2. The van der Waals surface area contributed by atoms with E-state index in [1.807, 2.05) is 38.1 Å². The van der Waals surface area contributed by atoms with E-state index in [0.717, 1.165) is 30.7 Å². The largest absolute Gasteiger partial charge is 0.491 e. The molecule has 0 aliphatic carbocycles. The van der Waals surface area contributed by atoms with Crippen LogP contribution in [0.2, 0.25) is 0 Å². The lowest BCUT2D eigenvalue weighted by Gasteiger charge is -2.10. The SMILES string of the molecule is CCCCNC(=O)CNCc1ccc(OC(C)C)cc1. The Morgan fingerprint density at radius 2 is 1.95 bits per heavy atom. The number of unbranched alkanes of at least 4 members (excludes halogenated alkanes) is 1. The van der Waals surface area contributed by atoms with E-state index in [1.54, 1.807) is 0 Å². The van der Waals surface area contributed by atoms with Gasteiger partial charge in [0.05, 0.1) is 12.6 Å². The molecule has 1 rings (SSSR count). The number of hydrogen-bond donors (Lipinski definition) is 2. The van der Waals surface area contributed by atoms with Crippen LogP contribution in [0.25, 0.3) is 0 Å². The highest BCUT2D eigenvalue weighted by molar-refractivity contribution is 5.77. The van der Waals surface area contributed by atoms with Crippen LogP contribution in [-0.2, 0) is 11.3 Å². The molecule has 0 fully saturated rings. The maximum Gasteiger partial charge on any atom is 0.233 e. The minimum absolute atomic E-state index is 0.0539. The van der Waals surface area contributed by atoms with Crippen LogP contribution in [0.3, 0.4) is 0 Å². The average Bonchev–Trinajstić information content (AvgIpc) is 2.40. The Hall–Kier alpha value is -1.55. The van der Waals surface area contributed by atoms with Crippen molar-refractivity contribution in [3.8, 4) is 5.75 Å². The standard InChI is InChI=1S/C16H26N2O2/c1-4-5-10-18-16(19)12-17-11-14-6-8-15(9-7-14)20-13(2)3/h6-9,13,17H,4-5,10-12H2,1-3H3,(H,18,19). The van der Waals surface area contributed by atoms with Crippen LogP contribution in [0.1, 0.15) is 39.2 Å². The van der Waals surface area contributed by atoms with Crippen LogP contribution in [0.15, 0.2) is 24.3 Å². The normalized spacial score (nSPS) is 10.6. The van der Waals surface area contributed by atoms with Crippen LogP contribution < -0.4 is 15.4 Å². The molecule has 0 aliphatic rings. The number of carbonyl (C=O) groups is 1. The van der Waals surface area contributed by atoms with Gasteiger partial charge < -0.3 is 15.4 Å². The average molecular weight is 278 g/mol. The van der Waals surface area contributed by atoms with Gasteiger partial charge in [0, 0.05) is 13.1 Å². The summed E-state index contributed by atoms with van der Waals surface area (Å²) in [5.74, 6) is 0.930. The van der Waals surface area contributed by atoms with Gasteiger partial charge in [0.15, 0.2) is 0 Å². The first-order chi connectivity index (χ1) is 9.61. The summed E-state index contributed by atoms with van der Waals surface area (Å²) < 4.78 is 5.58. The highest BCUT2D eigenvalue weighted by Crippen LogP contribution is 2.13. The first-order valence-corrected chi connectivity index (χ1v) is 7.34. The number of hydrogen-bond acceptors (Lipinski definition) is 3. The van der Waals surface area contributed by atoms with Gasteiger partial charge in [-0.25, -0.2) is 0 Å². The smallest absolute Gasteiger partial charge is 0.233 e. The summed E-state index contributed by atoms with van der Waals surface area (Å²) in [6.45, 7) is 7.92. The van der Waals surface area contributed by atoms with Gasteiger partial charge in [-0.1, -0.05) is 25.5 Å². The van der Waals surface area contributed by atoms with Crippen LogP contribution in [0, 0.1) is 0 Å². The summed E-state index contributed by atoms with van der Waals surface area (Å²) in [6.07, 6.45) is 2.31. The molecule has 4 heteroatoms. The number of rotatable bonds is 9. The lowest BCUT2D eigenvalue weighted by Crippen LogP contribution is -2.34. The third-order valence-corrected chi connectivity index (χ3v) is 2.76. The fraction of sp³-hybridized carbons (Fsp3) is 0.562. The molecule has 0 spiro atoms. The van der Waals surface area contributed by atoms with Crippen LogP contribution >= 0.6 is 0 Å². The van der Waals surface area contributed by atoms with E-state index < -0.39 is 0 Å². The first kappa shape index (κ1) is 16.5. The van der Waals surface area contributed by atoms with Crippen molar-refractivity contribution in [1.82, 2.24) is 10.6 Å². The second-order valence-electron chi connectivity index (χ2n) is 5.12. The molecule has 0 radical (unpaired) electrons. The van der Waals surface area contributed by atoms with Gasteiger partial charge in [0.2, 0.25) is 5.91 Å². The number of benzene rings is 1. The van der Waals surface area contributed by atoms with E-state index in [0.29, 0.717) is 13.1 Å². The Balaban J connectivity index is 2.23. The van der Waals surface area contributed by atoms with Gasteiger partial charge in [-0.3, -0.25) is 4.79 Å². The van der Waals surface area contributed by atoms with E-state index in [-0.39, 0.29) is 12.0 Å². The summed E-state index contributed by atoms with van der Waals surface area (Å²) in [5, 5.41) is 6.01. The molecule has 1 aromatic rings. The minimum Gasteiger partial charge on any atom is -0.491 e. The van der Waals surface area contributed by atoms with Crippen molar-refractivity contribution in [3.63, 3.8) is 0 Å². The molecule has 20 heavy (non-hydrogen) atoms. The van der Waals surface area contributed by atoms with E-state index in [4.69, 9.17) is 4.74 Å². The third kappa shape index (κ3) is 7.14.